The van der Waals surface area contributed by atoms with Crippen molar-refractivity contribution in [2.45, 2.75) is 136 Å². The minimum absolute atomic E-state index is 0.0917. The summed E-state index contributed by atoms with van der Waals surface area (Å²) < 4.78 is 26.5. The number of aromatic hydroxyl groups is 1. The van der Waals surface area contributed by atoms with Crippen molar-refractivity contribution in [3.05, 3.63) is 59.2 Å². The minimum atomic E-state index is -1.79. The summed E-state index contributed by atoms with van der Waals surface area (Å²) in [5.74, 6) is 0.0788. The van der Waals surface area contributed by atoms with E-state index in [9.17, 15) is 50.4 Å². The third kappa shape index (κ3) is 15.1. The molecule has 56 heavy (non-hydrogen) atoms. The average molecular weight is 793 g/mol. The van der Waals surface area contributed by atoms with E-state index in [1.165, 1.54) is 0 Å². The third-order valence-electron chi connectivity index (χ3n) is 9.03. The first-order chi connectivity index (χ1) is 26.1. The van der Waals surface area contributed by atoms with Crippen LogP contribution in [0.2, 0.25) is 0 Å². The van der Waals surface area contributed by atoms with E-state index in [-0.39, 0.29) is 29.0 Å². The number of carbonyl (C=O) groups is 2. The van der Waals surface area contributed by atoms with Gasteiger partial charge in [0.2, 0.25) is 0 Å². The fourth-order valence-electron chi connectivity index (χ4n) is 5.67. The van der Waals surface area contributed by atoms with Crippen molar-refractivity contribution >= 4 is 24.1 Å². The van der Waals surface area contributed by atoms with Gasteiger partial charge in [0.1, 0.15) is 66.9 Å². The highest BCUT2D eigenvalue weighted by atomic mass is 16.7. The number of hydrogen-bond acceptors (Lipinski definition) is 15. The summed E-state index contributed by atoms with van der Waals surface area (Å²) in [5.41, 5.74) is 2.98. The monoisotopic (exact) mass is 792 g/mol. The predicted molar refractivity (Wildman–Crippen MR) is 204 cm³/mol. The topological polar surface area (TPSA) is 242 Å². The fraction of sp³-hybridized carbons (Fsp3) is 0.610. The molecule has 0 radical (unpaired) electrons. The molecule has 2 aliphatic heterocycles. The first kappa shape index (κ1) is 46.9. The van der Waals surface area contributed by atoms with E-state index >= 15 is 0 Å². The lowest BCUT2D eigenvalue weighted by molar-refractivity contribution is -0.355. The normalized spacial score (nSPS) is 28.3. The fourth-order valence-corrected chi connectivity index (χ4v) is 5.67. The van der Waals surface area contributed by atoms with Gasteiger partial charge in [-0.3, -0.25) is 9.59 Å². The molecule has 0 bridgehead atoms. The number of phenolic OH excluding ortho intramolecular Hbond substituents is 1. The Bertz CT molecular complexity index is 1540. The Morgan fingerprint density at radius 2 is 1.30 bits per heavy atom. The van der Waals surface area contributed by atoms with E-state index < -0.39 is 80.6 Å². The van der Waals surface area contributed by atoms with Crippen LogP contribution in [-0.2, 0) is 28.5 Å². The first-order valence-electron chi connectivity index (χ1n) is 18.7. The van der Waals surface area contributed by atoms with E-state index in [0.29, 0.717) is 18.6 Å². The van der Waals surface area contributed by atoms with Crippen molar-refractivity contribution in [3.8, 4) is 11.5 Å². The maximum absolute atomic E-state index is 12.0. The van der Waals surface area contributed by atoms with Gasteiger partial charge < -0.3 is 64.5 Å². The van der Waals surface area contributed by atoms with Gasteiger partial charge in [0.05, 0.1) is 6.61 Å². The number of carbonyl (C=O) groups excluding carboxylic acids is 2. The summed E-state index contributed by atoms with van der Waals surface area (Å²) in [6, 6.07) is 12.8. The molecule has 10 atom stereocenters. The second-order valence-electron chi connectivity index (χ2n) is 16.6. The molecule has 0 aliphatic carbocycles. The van der Waals surface area contributed by atoms with Crippen LogP contribution in [0.4, 0.5) is 0 Å². The van der Waals surface area contributed by atoms with Crippen LogP contribution < -0.4 is 4.74 Å². The number of esters is 2. The third-order valence-corrected chi connectivity index (χ3v) is 9.03. The largest absolute Gasteiger partial charge is 0.508 e. The number of rotatable bonds is 12. The molecule has 2 saturated heterocycles. The maximum Gasteiger partial charge on any atom is 0.311 e. The summed E-state index contributed by atoms with van der Waals surface area (Å²) in [6.07, 6.45) is -10.2. The number of aliphatic hydroxyl groups is 7. The van der Waals surface area contributed by atoms with Crippen LogP contribution in [0.5, 0.6) is 11.5 Å². The second kappa shape index (κ2) is 20.8. The van der Waals surface area contributed by atoms with Crippen LogP contribution in [-0.4, -0.2) is 127 Å². The van der Waals surface area contributed by atoms with Gasteiger partial charge in [0.15, 0.2) is 12.6 Å². The number of aryl methyl sites for hydroxylation is 1. The number of aliphatic hydroxyl groups excluding tert-OH is 7. The minimum Gasteiger partial charge on any atom is -0.508 e. The Kier molecular flexibility index (Phi) is 17.4. The van der Waals surface area contributed by atoms with Crippen LogP contribution in [0.3, 0.4) is 0 Å². The predicted octanol–water partition coefficient (Wildman–Crippen LogP) is 2.58. The Morgan fingerprint density at radius 3 is 1.88 bits per heavy atom. The molecule has 2 aromatic rings. The molecular weight excluding hydrogens is 732 g/mol. The van der Waals surface area contributed by atoms with Gasteiger partial charge in [-0.15, -0.1) is 0 Å². The Labute approximate surface area is 328 Å². The van der Waals surface area contributed by atoms with Crippen molar-refractivity contribution < 1.29 is 74.1 Å². The molecule has 2 fully saturated rings. The highest BCUT2D eigenvalue weighted by Gasteiger charge is 2.50. The molecule has 15 nitrogen and oxygen atoms in total. The molecule has 0 spiro atoms. The van der Waals surface area contributed by atoms with E-state index in [2.05, 4.69) is 20.8 Å². The van der Waals surface area contributed by atoms with Gasteiger partial charge in [-0.25, -0.2) is 0 Å². The van der Waals surface area contributed by atoms with E-state index in [1.807, 2.05) is 58.0 Å². The molecule has 2 aromatic carbocycles. The zero-order chi connectivity index (χ0) is 42.0. The quantitative estimate of drug-likeness (QED) is 0.0875. The standard InChI is InChI=1S/C22H26O3.C19H34O12/c1-16-13-18(15-19(23)14-16)6-5-17-7-9-20(10-8-17)25-21(24)11-12-22(2,3)4;1-19(2,3)5-4-10(21)28-7-9-16(13(24)14(25)17(27)29-9)31-18-15(26)12(23)11(22)8(6-20)30-18/h5-10,13-15,23H,11-12H2,1-4H3;8-9,11-18,20,22-27H,4-7H2,1-3H3/b6-5+;. The molecule has 2 heterocycles. The summed E-state index contributed by atoms with van der Waals surface area (Å²) in [5, 5.41) is 78.9. The van der Waals surface area contributed by atoms with Crippen LogP contribution in [0, 0.1) is 17.8 Å². The lowest BCUT2D eigenvalue weighted by Gasteiger charge is -2.45. The van der Waals surface area contributed by atoms with Crippen molar-refractivity contribution in [1.82, 2.24) is 0 Å². The van der Waals surface area contributed by atoms with E-state index in [4.69, 9.17) is 23.7 Å². The van der Waals surface area contributed by atoms with Gasteiger partial charge in [-0.2, -0.15) is 0 Å². The number of phenols is 1. The van der Waals surface area contributed by atoms with Crippen molar-refractivity contribution in [3.63, 3.8) is 0 Å². The molecule has 0 amide bonds. The van der Waals surface area contributed by atoms with Crippen molar-refractivity contribution in [2.24, 2.45) is 10.8 Å². The summed E-state index contributed by atoms with van der Waals surface area (Å²) in [4.78, 5) is 23.9. The average Bonchev–Trinajstić information content (AvgIpc) is 3.11. The summed E-state index contributed by atoms with van der Waals surface area (Å²) >= 11 is 0. The lowest BCUT2D eigenvalue weighted by Crippen LogP contribution is -2.64. The lowest BCUT2D eigenvalue weighted by atomic mass is 9.91. The smallest absolute Gasteiger partial charge is 0.311 e. The molecule has 2 aliphatic rings. The van der Waals surface area contributed by atoms with E-state index in [1.54, 1.807) is 24.3 Å². The Hall–Kier alpha value is -3.48. The van der Waals surface area contributed by atoms with Crippen molar-refractivity contribution in [1.29, 1.82) is 0 Å². The number of hydrogen-bond donors (Lipinski definition) is 8. The van der Waals surface area contributed by atoms with Crippen LogP contribution in [0.25, 0.3) is 12.2 Å². The van der Waals surface area contributed by atoms with Crippen molar-refractivity contribution in [2.75, 3.05) is 13.2 Å². The molecule has 0 aromatic heterocycles. The van der Waals surface area contributed by atoms with E-state index in [0.717, 1.165) is 23.1 Å². The second-order valence-corrected chi connectivity index (χ2v) is 16.6. The van der Waals surface area contributed by atoms with Crippen LogP contribution in [0.1, 0.15) is 83.9 Å². The van der Waals surface area contributed by atoms with Gasteiger partial charge in [0.25, 0.3) is 0 Å². The van der Waals surface area contributed by atoms with Crippen LogP contribution in [0.15, 0.2) is 42.5 Å². The SMILES string of the molecule is CC(C)(C)CCC(=O)OCC1OC(O)C(O)C(O)C1OC1OC(CO)C(O)C(O)C1O.Cc1cc(O)cc(/C=C/c2ccc(OC(=O)CCC(C)(C)C)cc2)c1. The highest BCUT2D eigenvalue weighted by Crippen LogP contribution is 2.30. The van der Waals surface area contributed by atoms with Gasteiger partial charge in [-0.05, 0) is 71.6 Å². The van der Waals surface area contributed by atoms with Gasteiger partial charge >= 0.3 is 11.9 Å². The first-order valence-corrected chi connectivity index (χ1v) is 18.7. The summed E-state index contributed by atoms with van der Waals surface area (Å²) in [6.45, 7) is 13.0. The molecule has 314 valence electrons. The molecule has 0 saturated carbocycles. The number of benzene rings is 2. The molecular formula is C41H60O15. The van der Waals surface area contributed by atoms with Gasteiger partial charge in [-0.1, -0.05) is 71.9 Å². The van der Waals surface area contributed by atoms with Crippen LogP contribution >= 0.6 is 0 Å². The Morgan fingerprint density at radius 1 is 0.714 bits per heavy atom. The highest BCUT2D eigenvalue weighted by molar-refractivity contribution is 5.73. The molecule has 8 N–H and O–H groups in total. The van der Waals surface area contributed by atoms with Gasteiger partial charge in [0, 0.05) is 12.8 Å². The number of ether oxygens (including phenoxy) is 5. The maximum atomic E-state index is 12.0. The molecule has 10 unspecified atom stereocenters. The Balaban J connectivity index is 0.000000307. The zero-order valence-corrected chi connectivity index (χ0v) is 33.1. The summed E-state index contributed by atoms with van der Waals surface area (Å²) in [7, 11) is 0. The molecule has 15 heteroatoms. The molecule has 4 rings (SSSR count). The zero-order valence-electron chi connectivity index (χ0n) is 33.1.